The predicted octanol–water partition coefficient (Wildman–Crippen LogP) is 3.25. The molecular weight excluding hydrogens is 390 g/mol. The van der Waals surface area contributed by atoms with Crippen LogP contribution >= 0.6 is 0 Å². The molecule has 7 heteroatoms. The minimum absolute atomic E-state index is 0.271. The molecule has 1 fully saturated rings. The van der Waals surface area contributed by atoms with Gasteiger partial charge < -0.3 is 14.8 Å². The van der Waals surface area contributed by atoms with E-state index in [1.54, 1.807) is 0 Å². The summed E-state index contributed by atoms with van der Waals surface area (Å²) < 4.78 is 13.0. The zero-order valence-electron chi connectivity index (χ0n) is 18.0. The lowest BCUT2D eigenvalue weighted by Gasteiger charge is -2.17. The molecule has 3 aromatic rings. The lowest BCUT2D eigenvalue weighted by Crippen LogP contribution is -2.30. The normalized spacial score (nSPS) is 22.2. The molecule has 0 spiro atoms. The summed E-state index contributed by atoms with van der Waals surface area (Å²) in [7, 11) is 0. The number of hydrazine groups is 1. The quantitative estimate of drug-likeness (QED) is 0.511. The minimum atomic E-state index is 0.271. The Labute approximate surface area is 182 Å². The number of aromatic nitrogens is 2. The monoisotopic (exact) mass is 419 g/mol. The summed E-state index contributed by atoms with van der Waals surface area (Å²) in [4.78, 5) is 0. The summed E-state index contributed by atoms with van der Waals surface area (Å²) in [5.74, 6) is 2.18. The van der Waals surface area contributed by atoms with Gasteiger partial charge in [0, 0.05) is 36.0 Å². The summed E-state index contributed by atoms with van der Waals surface area (Å²) in [5, 5.41) is 8.55. The van der Waals surface area contributed by atoms with E-state index in [2.05, 4.69) is 48.3 Å². The van der Waals surface area contributed by atoms with Crippen LogP contribution in [0.5, 0.6) is 11.5 Å². The Kier molecular flexibility index (Phi) is 5.63. The molecule has 0 amide bonds. The summed E-state index contributed by atoms with van der Waals surface area (Å²) >= 11 is 0. The number of nitrogens with zero attached hydrogens (tertiary/aromatic N) is 2. The van der Waals surface area contributed by atoms with E-state index >= 15 is 0 Å². The van der Waals surface area contributed by atoms with Crippen LogP contribution in [0.15, 0.2) is 54.7 Å². The van der Waals surface area contributed by atoms with Crippen LogP contribution in [0.25, 0.3) is 16.9 Å². The average Bonchev–Trinajstić information content (AvgIpc) is 3.51. The van der Waals surface area contributed by atoms with Crippen LogP contribution in [0.1, 0.15) is 25.8 Å². The first kappa shape index (κ1) is 20.1. The maximum absolute atomic E-state index is 5.58. The first-order valence-corrected chi connectivity index (χ1v) is 10.9. The van der Waals surface area contributed by atoms with Gasteiger partial charge in [-0.2, -0.15) is 5.10 Å². The van der Waals surface area contributed by atoms with Crippen molar-refractivity contribution in [1.82, 2.24) is 25.9 Å². The molecule has 0 bridgehead atoms. The van der Waals surface area contributed by atoms with Crippen LogP contribution in [0, 0.1) is 5.92 Å². The molecule has 7 nitrogen and oxygen atoms in total. The Morgan fingerprint density at radius 3 is 2.61 bits per heavy atom. The molecule has 2 aromatic carbocycles. The van der Waals surface area contributed by atoms with Gasteiger partial charge in [-0.05, 0) is 63.1 Å². The summed E-state index contributed by atoms with van der Waals surface area (Å²) in [6.45, 7) is 6.46. The van der Waals surface area contributed by atoms with Crippen molar-refractivity contribution in [2.45, 2.75) is 38.9 Å². The lowest BCUT2D eigenvalue weighted by atomic mass is 9.93. The Morgan fingerprint density at radius 2 is 1.81 bits per heavy atom. The number of nitrogens with one attached hydrogen (secondary N) is 3. The molecule has 1 saturated heterocycles. The van der Waals surface area contributed by atoms with Crippen LogP contribution in [0.2, 0.25) is 0 Å². The van der Waals surface area contributed by atoms with E-state index < -0.39 is 0 Å². The van der Waals surface area contributed by atoms with E-state index in [1.165, 1.54) is 0 Å². The van der Waals surface area contributed by atoms with Crippen molar-refractivity contribution in [3.63, 3.8) is 0 Å². The lowest BCUT2D eigenvalue weighted by molar-refractivity contribution is 0.174. The van der Waals surface area contributed by atoms with Crippen LogP contribution in [0.3, 0.4) is 0 Å². The maximum atomic E-state index is 5.58. The maximum Gasteiger partial charge on any atom is 0.231 e. The average molecular weight is 420 g/mol. The topological polar surface area (TPSA) is 72.4 Å². The molecule has 3 N–H and O–H groups in total. The Balaban J connectivity index is 1.36. The van der Waals surface area contributed by atoms with Crippen molar-refractivity contribution >= 4 is 0 Å². The van der Waals surface area contributed by atoms with Crippen molar-refractivity contribution < 1.29 is 9.47 Å². The van der Waals surface area contributed by atoms with Gasteiger partial charge in [0.1, 0.15) is 0 Å². The highest BCUT2D eigenvalue weighted by atomic mass is 16.7. The fraction of sp³-hybridized carbons (Fsp3) is 0.375. The standard InChI is InChI=1S/C24H29N5O2/c1-16-21(17(2)27-26-16)10-11-25-13-19-14-29(20-6-4-3-5-7-20)28-24(19)18-8-9-22-23(12-18)31-15-30-22/h3-9,12,14,16-17,21,25-27H,10-11,13,15H2,1-2H3. The van der Waals surface area contributed by atoms with Gasteiger partial charge in [0.25, 0.3) is 0 Å². The third kappa shape index (κ3) is 4.17. The first-order chi connectivity index (χ1) is 15.2. The predicted molar refractivity (Wildman–Crippen MR) is 120 cm³/mol. The SMILES string of the molecule is CC1NNC(C)C1CCNCc1cn(-c2ccccc2)nc1-c1ccc2c(c1)OCO2. The highest BCUT2D eigenvalue weighted by Gasteiger charge is 2.28. The van der Waals surface area contributed by atoms with Gasteiger partial charge in [0.2, 0.25) is 6.79 Å². The Hall–Kier alpha value is -2.87. The third-order valence-electron chi connectivity index (χ3n) is 6.25. The number of hydrogen-bond acceptors (Lipinski definition) is 6. The van der Waals surface area contributed by atoms with Crippen molar-refractivity contribution in [2.75, 3.05) is 13.3 Å². The molecule has 1 aromatic heterocycles. The van der Waals surface area contributed by atoms with Crippen molar-refractivity contribution in [3.05, 3.63) is 60.3 Å². The van der Waals surface area contributed by atoms with Gasteiger partial charge in [-0.25, -0.2) is 4.68 Å². The minimum Gasteiger partial charge on any atom is -0.454 e. The van der Waals surface area contributed by atoms with Crippen molar-refractivity contribution in [1.29, 1.82) is 0 Å². The van der Waals surface area contributed by atoms with Crippen LogP contribution < -0.4 is 25.6 Å². The highest BCUT2D eigenvalue weighted by molar-refractivity contribution is 5.67. The fourth-order valence-corrected chi connectivity index (χ4v) is 4.44. The number of benzene rings is 2. The smallest absolute Gasteiger partial charge is 0.231 e. The Morgan fingerprint density at radius 1 is 1.03 bits per heavy atom. The number of rotatable bonds is 7. The molecule has 0 saturated carbocycles. The first-order valence-electron chi connectivity index (χ1n) is 10.9. The van der Waals surface area contributed by atoms with E-state index in [9.17, 15) is 0 Å². The molecule has 2 aliphatic heterocycles. The molecular formula is C24H29N5O2. The van der Waals surface area contributed by atoms with E-state index in [0.717, 1.165) is 53.5 Å². The molecule has 0 radical (unpaired) electrons. The van der Waals surface area contributed by atoms with Gasteiger partial charge in [-0.1, -0.05) is 18.2 Å². The second-order valence-electron chi connectivity index (χ2n) is 8.35. The van der Waals surface area contributed by atoms with E-state index in [1.807, 2.05) is 41.1 Å². The van der Waals surface area contributed by atoms with Crippen molar-refractivity contribution in [3.8, 4) is 28.4 Å². The molecule has 31 heavy (non-hydrogen) atoms. The van der Waals surface area contributed by atoms with Crippen LogP contribution in [0.4, 0.5) is 0 Å². The molecule has 3 heterocycles. The largest absolute Gasteiger partial charge is 0.454 e. The van der Waals surface area contributed by atoms with Gasteiger partial charge in [-0.3, -0.25) is 10.9 Å². The summed E-state index contributed by atoms with van der Waals surface area (Å²) in [5.41, 5.74) is 10.9. The van der Waals surface area contributed by atoms with Gasteiger partial charge in [0.05, 0.1) is 11.4 Å². The van der Waals surface area contributed by atoms with Gasteiger partial charge >= 0.3 is 0 Å². The Bertz CT molecular complexity index is 1030. The number of hydrogen-bond donors (Lipinski definition) is 3. The number of ether oxygens (including phenoxy) is 2. The third-order valence-corrected chi connectivity index (χ3v) is 6.25. The zero-order valence-corrected chi connectivity index (χ0v) is 18.0. The summed E-state index contributed by atoms with van der Waals surface area (Å²) in [6, 6.07) is 17.2. The van der Waals surface area contributed by atoms with Crippen LogP contribution in [-0.2, 0) is 6.54 Å². The van der Waals surface area contributed by atoms with E-state index in [-0.39, 0.29) is 6.79 Å². The van der Waals surface area contributed by atoms with E-state index in [0.29, 0.717) is 18.0 Å². The summed E-state index contributed by atoms with van der Waals surface area (Å²) in [6.07, 6.45) is 3.24. The molecule has 2 atom stereocenters. The highest BCUT2D eigenvalue weighted by Crippen LogP contribution is 2.36. The van der Waals surface area contributed by atoms with E-state index in [4.69, 9.17) is 14.6 Å². The number of fused-ring (bicyclic) bond motifs is 1. The molecule has 0 aliphatic carbocycles. The van der Waals surface area contributed by atoms with Crippen LogP contribution in [-0.4, -0.2) is 35.2 Å². The van der Waals surface area contributed by atoms with Gasteiger partial charge in [0.15, 0.2) is 11.5 Å². The molecule has 2 unspecified atom stereocenters. The van der Waals surface area contributed by atoms with Crippen molar-refractivity contribution in [2.24, 2.45) is 5.92 Å². The number of para-hydroxylation sites is 1. The zero-order chi connectivity index (χ0) is 21.2. The second kappa shape index (κ2) is 8.70. The fourth-order valence-electron chi connectivity index (χ4n) is 4.44. The molecule has 162 valence electrons. The van der Waals surface area contributed by atoms with Gasteiger partial charge in [-0.15, -0.1) is 0 Å². The molecule has 5 rings (SSSR count). The second-order valence-corrected chi connectivity index (χ2v) is 8.35. The molecule has 2 aliphatic rings.